The standard InChI is InChI=1S/C26H21Cl2NO3/c27-20-14-21-23(30)16-26(32-24(21)22(28)15-20)10-12-29(13-11-26)25(31)19-8-6-18(7-9-19)17-4-2-1-3-5-17/h1-9,14-15H,10-13,16H2. The molecule has 1 saturated heterocycles. The third-order valence-corrected chi connectivity index (χ3v) is 6.81. The number of halogens is 2. The Morgan fingerprint density at radius 1 is 0.906 bits per heavy atom. The lowest BCUT2D eigenvalue weighted by atomic mass is 9.82. The summed E-state index contributed by atoms with van der Waals surface area (Å²) in [7, 11) is 0. The molecular weight excluding hydrogens is 445 g/mol. The van der Waals surface area contributed by atoms with Gasteiger partial charge in [-0.15, -0.1) is 0 Å². The van der Waals surface area contributed by atoms with Crippen molar-refractivity contribution in [2.75, 3.05) is 13.1 Å². The summed E-state index contributed by atoms with van der Waals surface area (Å²) in [4.78, 5) is 27.7. The quantitative estimate of drug-likeness (QED) is 0.445. The molecule has 2 heterocycles. The van der Waals surface area contributed by atoms with Crippen molar-refractivity contribution in [2.45, 2.75) is 24.9 Å². The first-order valence-electron chi connectivity index (χ1n) is 10.6. The molecule has 0 aromatic heterocycles. The van der Waals surface area contributed by atoms with Crippen LogP contribution in [0.2, 0.25) is 10.0 Å². The van der Waals surface area contributed by atoms with E-state index >= 15 is 0 Å². The lowest BCUT2D eigenvalue weighted by Gasteiger charge is -2.44. The van der Waals surface area contributed by atoms with Gasteiger partial charge in [-0.1, -0.05) is 65.7 Å². The lowest BCUT2D eigenvalue weighted by Crippen LogP contribution is -2.52. The van der Waals surface area contributed by atoms with Gasteiger partial charge in [-0.3, -0.25) is 9.59 Å². The minimum atomic E-state index is -0.629. The smallest absolute Gasteiger partial charge is 0.253 e. The SMILES string of the molecule is O=C1CC2(CCN(C(=O)c3ccc(-c4ccccc4)cc3)CC2)Oc2c(Cl)cc(Cl)cc21. The average molecular weight is 466 g/mol. The number of fused-ring (bicyclic) bond motifs is 1. The summed E-state index contributed by atoms with van der Waals surface area (Å²) in [5.41, 5.74) is 2.65. The number of hydrogen-bond donors (Lipinski definition) is 0. The predicted molar refractivity (Wildman–Crippen MR) is 126 cm³/mol. The van der Waals surface area contributed by atoms with Crippen molar-refractivity contribution < 1.29 is 14.3 Å². The molecule has 6 heteroatoms. The molecule has 0 atom stereocenters. The van der Waals surface area contributed by atoms with Gasteiger partial charge in [0.1, 0.15) is 11.4 Å². The second-order valence-electron chi connectivity index (χ2n) is 8.38. The van der Waals surface area contributed by atoms with Crippen LogP contribution in [-0.2, 0) is 0 Å². The molecule has 1 spiro atoms. The fourth-order valence-corrected chi connectivity index (χ4v) is 5.06. The van der Waals surface area contributed by atoms with E-state index in [-0.39, 0.29) is 18.1 Å². The second kappa shape index (κ2) is 8.27. The first-order valence-corrected chi connectivity index (χ1v) is 11.4. The number of carbonyl (C=O) groups excluding carboxylic acids is 2. The van der Waals surface area contributed by atoms with Gasteiger partial charge in [0.25, 0.3) is 5.91 Å². The summed E-state index contributed by atoms with van der Waals surface area (Å²) in [5.74, 6) is 0.377. The maximum absolute atomic E-state index is 13.1. The fraction of sp³-hybridized carbons (Fsp3) is 0.231. The van der Waals surface area contributed by atoms with E-state index in [0.29, 0.717) is 52.9 Å². The Morgan fingerprint density at radius 3 is 2.25 bits per heavy atom. The van der Waals surface area contributed by atoms with Gasteiger partial charge in [0.2, 0.25) is 0 Å². The van der Waals surface area contributed by atoms with Crippen LogP contribution in [0.1, 0.15) is 40.0 Å². The van der Waals surface area contributed by atoms with Crippen LogP contribution in [-0.4, -0.2) is 35.3 Å². The minimum Gasteiger partial charge on any atom is -0.484 e. The molecule has 0 bridgehead atoms. The molecule has 3 aromatic rings. The zero-order chi connectivity index (χ0) is 22.3. The Bertz CT molecular complexity index is 1180. The molecular formula is C26H21Cl2NO3. The first-order chi connectivity index (χ1) is 15.4. The normalized spacial score (nSPS) is 17.1. The largest absolute Gasteiger partial charge is 0.484 e. The number of nitrogens with zero attached hydrogens (tertiary/aromatic N) is 1. The topological polar surface area (TPSA) is 46.6 Å². The van der Waals surface area contributed by atoms with Crippen molar-refractivity contribution >= 4 is 34.9 Å². The summed E-state index contributed by atoms with van der Waals surface area (Å²) in [6, 6.07) is 21.0. The molecule has 32 heavy (non-hydrogen) atoms. The van der Waals surface area contributed by atoms with Gasteiger partial charge in [0.05, 0.1) is 17.0 Å². The van der Waals surface area contributed by atoms with Crippen LogP contribution in [0.25, 0.3) is 11.1 Å². The average Bonchev–Trinajstić information content (AvgIpc) is 2.81. The molecule has 0 unspecified atom stereocenters. The Hall–Kier alpha value is -2.82. The molecule has 4 nitrogen and oxygen atoms in total. The van der Waals surface area contributed by atoms with Crippen molar-refractivity contribution in [1.29, 1.82) is 0 Å². The summed E-state index contributed by atoms with van der Waals surface area (Å²) in [6.45, 7) is 1.04. The van der Waals surface area contributed by atoms with Crippen LogP contribution >= 0.6 is 23.2 Å². The molecule has 5 rings (SSSR count). The molecule has 1 amide bonds. The van der Waals surface area contributed by atoms with Crippen molar-refractivity contribution in [3.63, 3.8) is 0 Å². The van der Waals surface area contributed by atoms with Crippen molar-refractivity contribution in [3.8, 4) is 16.9 Å². The summed E-state index contributed by atoms with van der Waals surface area (Å²) in [5, 5.41) is 0.761. The number of ether oxygens (including phenoxy) is 1. The van der Waals surface area contributed by atoms with E-state index in [9.17, 15) is 9.59 Å². The van der Waals surface area contributed by atoms with Gasteiger partial charge in [0, 0.05) is 36.5 Å². The molecule has 0 N–H and O–H groups in total. The minimum absolute atomic E-state index is 0.00758. The van der Waals surface area contributed by atoms with Gasteiger partial charge >= 0.3 is 0 Å². The molecule has 162 valence electrons. The van der Waals surface area contributed by atoms with Crippen molar-refractivity contribution in [2.24, 2.45) is 0 Å². The zero-order valence-electron chi connectivity index (χ0n) is 17.3. The number of rotatable bonds is 2. The van der Waals surface area contributed by atoms with Crippen LogP contribution in [0.15, 0.2) is 66.7 Å². The number of likely N-dealkylation sites (tertiary alicyclic amines) is 1. The van der Waals surface area contributed by atoms with Crippen LogP contribution in [0.3, 0.4) is 0 Å². The summed E-state index contributed by atoms with van der Waals surface area (Å²) in [6.07, 6.45) is 1.42. The van der Waals surface area contributed by atoms with E-state index in [1.54, 1.807) is 12.1 Å². The highest BCUT2D eigenvalue weighted by Crippen LogP contribution is 2.44. The highest BCUT2D eigenvalue weighted by Gasteiger charge is 2.44. The van der Waals surface area contributed by atoms with Crippen LogP contribution in [0.5, 0.6) is 5.75 Å². The number of hydrogen-bond acceptors (Lipinski definition) is 3. The van der Waals surface area contributed by atoms with Crippen molar-refractivity contribution in [3.05, 3.63) is 87.9 Å². The van der Waals surface area contributed by atoms with Crippen LogP contribution < -0.4 is 4.74 Å². The Kier molecular flexibility index (Phi) is 5.44. The van der Waals surface area contributed by atoms with E-state index < -0.39 is 5.60 Å². The summed E-state index contributed by atoms with van der Waals surface area (Å²) >= 11 is 12.4. The van der Waals surface area contributed by atoms with Crippen LogP contribution in [0.4, 0.5) is 0 Å². The molecule has 0 aliphatic carbocycles. The van der Waals surface area contributed by atoms with Gasteiger partial charge in [0.15, 0.2) is 5.78 Å². The molecule has 0 radical (unpaired) electrons. The Labute approximate surface area is 196 Å². The predicted octanol–water partition coefficient (Wildman–Crippen LogP) is 6.30. The van der Waals surface area contributed by atoms with E-state index in [4.69, 9.17) is 27.9 Å². The third-order valence-electron chi connectivity index (χ3n) is 6.31. The van der Waals surface area contributed by atoms with E-state index in [2.05, 4.69) is 0 Å². The number of benzene rings is 3. The monoisotopic (exact) mass is 465 g/mol. The lowest BCUT2D eigenvalue weighted by molar-refractivity contribution is -0.00564. The van der Waals surface area contributed by atoms with Crippen LogP contribution in [0, 0.1) is 0 Å². The third kappa shape index (κ3) is 3.89. The highest BCUT2D eigenvalue weighted by atomic mass is 35.5. The number of piperidine rings is 1. The van der Waals surface area contributed by atoms with Gasteiger partial charge in [-0.25, -0.2) is 0 Å². The maximum Gasteiger partial charge on any atom is 0.253 e. The number of carbonyl (C=O) groups is 2. The summed E-state index contributed by atoms with van der Waals surface area (Å²) < 4.78 is 6.27. The first kappa shape index (κ1) is 21.0. The number of ketones is 1. The highest BCUT2D eigenvalue weighted by molar-refractivity contribution is 6.36. The van der Waals surface area contributed by atoms with E-state index in [0.717, 1.165) is 11.1 Å². The molecule has 2 aliphatic rings. The number of Topliss-reactive ketones (excluding diaryl/α,β-unsaturated/α-hetero) is 1. The molecule has 3 aromatic carbocycles. The Morgan fingerprint density at radius 2 is 1.56 bits per heavy atom. The number of amides is 1. The van der Waals surface area contributed by atoms with E-state index in [1.165, 1.54) is 0 Å². The molecule has 1 fully saturated rings. The second-order valence-corrected chi connectivity index (χ2v) is 9.23. The van der Waals surface area contributed by atoms with Crippen molar-refractivity contribution in [1.82, 2.24) is 4.90 Å². The Balaban J connectivity index is 1.28. The van der Waals surface area contributed by atoms with Gasteiger partial charge in [-0.05, 0) is 35.4 Å². The fourth-order valence-electron chi connectivity index (χ4n) is 4.53. The molecule has 0 saturated carbocycles. The van der Waals surface area contributed by atoms with Gasteiger partial charge in [-0.2, -0.15) is 0 Å². The maximum atomic E-state index is 13.1. The molecule has 2 aliphatic heterocycles. The van der Waals surface area contributed by atoms with Gasteiger partial charge < -0.3 is 9.64 Å². The van der Waals surface area contributed by atoms with E-state index in [1.807, 2.05) is 59.5 Å². The zero-order valence-corrected chi connectivity index (χ0v) is 18.8.